The largest absolute Gasteiger partial charge is 0.466 e. The van der Waals surface area contributed by atoms with Crippen molar-refractivity contribution in [2.75, 3.05) is 19.8 Å². The molecule has 0 amide bonds. The lowest BCUT2D eigenvalue weighted by Gasteiger charge is -2.30. The van der Waals surface area contributed by atoms with Gasteiger partial charge >= 0.3 is 17.9 Å². The maximum atomic E-state index is 12.2. The van der Waals surface area contributed by atoms with E-state index in [1.54, 1.807) is 0 Å². The molecule has 0 spiro atoms. The standard InChI is InChI=1S/C38H72O6/c1-5-8-11-14-17-20-26-35(39)42-32-23-29-38(4,30-24-33-43-36(40)27-21-18-15-12-9-6-2)31-25-34-44-37(41)28-22-19-16-13-10-7-3/h5-34H2,1-4H3. The third-order valence-electron chi connectivity index (χ3n) is 8.77. The maximum Gasteiger partial charge on any atom is 0.305 e. The Kier molecular flexibility index (Phi) is 30.3. The highest BCUT2D eigenvalue weighted by molar-refractivity contribution is 5.69. The minimum atomic E-state index is -0.0863. The third-order valence-corrected chi connectivity index (χ3v) is 8.77. The molecule has 44 heavy (non-hydrogen) atoms. The number of ether oxygens (including phenoxy) is 3. The van der Waals surface area contributed by atoms with Gasteiger partial charge in [0.2, 0.25) is 0 Å². The van der Waals surface area contributed by atoms with Gasteiger partial charge in [0.25, 0.3) is 0 Å². The molecule has 0 rings (SSSR count). The topological polar surface area (TPSA) is 78.9 Å². The number of carbonyl (C=O) groups is 3. The molecule has 0 unspecified atom stereocenters. The highest BCUT2D eigenvalue weighted by Gasteiger charge is 2.24. The fraction of sp³-hybridized carbons (Fsp3) is 0.921. The fourth-order valence-electron chi connectivity index (χ4n) is 5.80. The van der Waals surface area contributed by atoms with E-state index in [-0.39, 0.29) is 23.3 Å². The lowest BCUT2D eigenvalue weighted by atomic mass is 9.77. The minimum Gasteiger partial charge on any atom is -0.466 e. The zero-order valence-corrected chi connectivity index (χ0v) is 29.7. The summed E-state index contributed by atoms with van der Waals surface area (Å²) in [6, 6.07) is 0. The molecule has 0 aromatic carbocycles. The van der Waals surface area contributed by atoms with Crippen LogP contribution >= 0.6 is 0 Å². The molecule has 260 valence electrons. The van der Waals surface area contributed by atoms with E-state index in [0.717, 1.165) is 77.0 Å². The molecule has 0 heterocycles. The number of hydrogen-bond acceptors (Lipinski definition) is 6. The summed E-state index contributed by atoms with van der Waals surface area (Å²) in [5.41, 5.74) is 0.0169. The van der Waals surface area contributed by atoms with Gasteiger partial charge in [-0.2, -0.15) is 0 Å². The molecule has 0 aromatic rings. The SMILES string of the molecule is CCCCCCCCC(=O)OCCCC(C)(CCCOC(=O)CCCCCCCC)CCCOC(=O)CCCCCCCC. The van der Waals surface area contributed by atoms with Crippen molar-refractivity contribution < 1.29 is 28.6 Å². The van der Waals surface area contributed by atoms with E-state index >= 15 is 0 Å². The van der Waals surface area contributed by atoms with Crippen molar-refractivity contribution in [3.05, 3.63) is 0 Å². The molecule has 0 fully saturated rings. The molecule has 0 bridgehead atoms. The van der Waals surface area contributed by atoms with E-state index in [0.29, 0.717) is 39.1 Å². The van der Waals surface area contributed by atoms with Crippen LogP contribution in [0.2, 0.25) is 0 Å². The molecular formula is C38H72O6. The van der Waals surface area contributed by atoms with Crippen LogP contribution in [0.1, 0.15) is 201 Å². The summed E-state index contributed by atoms with van der Waals surface area (Å²) < 4.78 is 16.6. The first-order valence-electron chi connectivity index (χ1n) is 18.8. The Morgan fingerprint density at radius 3 is 0.909 bits per heavy atom. The molecular weight excluding hydrogens is 552 g/mol. The molecule has 0 aliphatic rings. The van der Waals surface area contributed by atoms with Crippen LogP contribution in [0.4, 0.5) is 0 Å². The summed E-state index contributed by atoms with van der Waals surface area (Å²) in [6.45, 7) is 10.2. The summed E-state index contributed by atoms with van der Waals surface area (Å²) in [6.07, 6.45) is 27.6. The van der Waals surface area contributed by atoms with Crippen LogP contribution in [0.5, 0.6) is 0 Å². The van der Waals surface area contributed by atoms with Crippen molar-refractivity contribution in [2.24, 2.45) is 5.41 Å². The van der Waals surface area contributed by atoms with Gasteiger partial charge in [0.15, 0.2) is 0 Å². The smallest absolute Gasteiger partial charge is 0.305 e. The number of hydrogen-bond donors (Lipinski definition) is 0. The zero-order chi connectivity index (χ0) is 32.6. The van der Waals surface area contributed by atoms with Gasteiger partial charge in [0.05, 0.1) is 19.8 Å². The average Bonchev–Trinajstić information content (AvgIpc) is 3.01. The Labute approximate surface area is 272 Å². The van der Waals surface area contributed by atoms with Gasteiger partial charge in [-0.15, -0.1) is 0 Å². The summed E-state index contributed by atoms with van der Waals surface area (Å²) in [7, 11) is 0. The highest BCUT2D eigenvalue weighted by Crippen LogP contribution is 2.34. The van der Waals surface area contributed by atoms with Gasteiger partial charge in [-0.05, 0) is 63.2 Å². The second-order valence-corrected chi connectivity index (χ2v) is 13.3. The number of esters is 3. The lowest BCUT2D eigenvalue weighted by Crippen LogP contribution is -2.20. The molecule has 6 heteroatoms. The fourth-order valence-corrected chi connectivity index (χ4v) is 5.80. The Bertz CT molecular complexity index is 588. The Balaban J connectivity index is 4.43. The van der Waals surface area contributed by atoms with Crippen molar-refractivity contribution in [1.29, 1.82) is 0 Å². The first-order chi connectivity index (χ1) is 21.4. The Morgan fingerprint density at radius 2 is 0.636 bits per heavy atom. The number of rotatable bonds is 33. The molecule has 0 atom stereocenters. The van der Waals surface area contributed by atoms with Crippen LogP contribution < -0.4 is 0 Å². The summed E-state index contributed by atoms with van der Waals surface area (Å²) >= 11 is 0. The van der Waals surface area contributed by atoms with Crippen LogP contribution in [0, 0.1) is 5.41 Å². The summed E-state index contributed by atoms with van der Waals surface area (Å²) in [5, 5.41) is 0. The minimum absolute atomic E-state index is 0.0169. The second-order valence-electron chi connectivity index (χ2n) is 13.3. The molecule has 6 nitrogen and oxygen atoms in total. The van der Waals surface area contributed by atoms with Gasteiger partial charge in [-0.25, -0.2) is 0 Å². The lowest BCUT2D eigenvalue weighted by molar-refractivity contribution is -0.144. The van der Waals surface area contributed by atoms with Crippen molar-refractivity contribution in [3.63, 3.8) is 0 Å². The highest BCUT2D eigenvalue weighted by atomic mass is 16.5. The predicted octanol–water partition coefficient (Wildman–Crippen LogP) is 11.2. The van der Waals surface area contributed by atoms with E-state index in [4.69, 9.17) is 14.2 Å². The zero-order valence-electron chi connectivity index (χ0n) is 29.7. The maximum absolute atomic E-state index is 12.2. The van der Waals surface area contributed by atoms with Crippen LogP contribution in [-0.4, -0.2) is 37.7 Å². The first kappa shape index (κ1) is 42.4. The van der Waals surface area contributed by atoms with Crippen LogP contribution in [0.3, 0.4) is 0 Å². The molecule has 0 aromatic heterocycles. The molecule has 0 saturated carbocycles. The van der Waals surface area contributed by atoms with Crippen LogP contribution in [0.15, 0.2) is 0 Å². The normalized spacial score (nSPS) is 11.5. The van der Waals surface area contributed by atoms with Crippen molar-refractivity contribution in [2.45, 2.75) is 201 Å². The Hall–Kier alpha value is -1.59. The van der Waals surface area contributed by atoms with Gasteiger partial charge in [-0.1, -0.05) is 124 Å². The number of unbranched alkanes of at least 4 members (excludes halogenated alkanes) is 15. The van der Waals surface area contributed by atoms with Gasteiger partial charge in [0.1, 0.15) is 0 Å². The Morgan fingerprint density at radius 1 is 0.386 bits per heavy atom. The average molecular weight is 625 g/mol. The molecule has 0 N–H and O–H groups in total. The monoisotopic (exact) mass is 625 g/mol. The third kappa shape index (κ3) is 29.1. The first-order valence-corrected chi connectivity index (χ1v) is 18.8. The molecule has 0 aliphatic heterocycles. The predicted molar refractivity (Wildman–Crippen MR) is 183 cm³/mol. The molecule has 0 aliphatic carbocycles. The quantitative estimate of drug-likeness (QED) is 0.0410. The summed E-state index contributed by atoms with van der Waals surface area (Å²) in [4.78, 5) is 36.5. The van der Waals surface area contributed by atoms with Crippen molar-refractivity contribution in [1.82, 2.24) is 0 Å². The van der Waals surface area contributed by atoms with Crippen molar-refractivity contribution >= 4 is 17.9 Å². The van der Waals surface area contributed by atoms with E-state index in [9.17, 15) is 14.4 Å². The van der Waals surface area contributed by atoms with Crippen molar-refractivity contribution in [3.8, 4) is 0 Å². The second kappa shape index (κ2) is 31.4. The van der Waals surface area contributed by atoms with Crippen LogP contribution in [0.25, 0.3) is 0 Å². The molecule has 0 saturated heterocycles. The van der Waals surface area contributed by atoms with E-state index < -0.39 is 0 Å². The molecule has 0 radical (unpaired) electrons. The van der Waals surface area contributed by atoms with Gasteiger partial charge in [-0.3, -0.25) is 14.4 Å². The van der Waals surface area contributed by atoms with Crippen LogP contribution in [-0.2, 0) is 28.6 Å². The summed E-state index contributed by atoms with van der Waals surface area (Å²) in [5.74, 6) is -0.259. The van der Waals surface area contributed by atoms with Gasteiger partial charge in [0, 0.05) is 19.3 Å². The van der Waals surface area contributed by atoms with E-state index in [2.05, 4.69) is 27.7 Å². The van der Waals surface area contributed by atoms with E-state index in [1.807, 2.05) is 0 Å². The number of carbonyl (C=O) groups excluding carboxylic acids is 3. The van der Waals surface area contributed by atoms with E-state index in [1.165, 1.54) is 77.0 Å². The van der Waals surface area contributed by atoms with Gasteiger partial charge < -0.3 is 14.2 Å².